The van der Waals surface area contributed by atoms with Crippen molar-refractivity contribution in [2.75, 3.05) is 4.90 Å². The molecule has 1 heterocycles. The monoisotopic (exact) mass is 751 g/mol. The van der Waals surface area contributed by atoms with Gasteiger partial charge in [-0.25, -0.2) is 0 Å². The minimum absolute atomic E-state index is 0.523. The summed E-state index contributed by atoms with van der Waals surface area (Å²) in [4.78, 5) is 2.47. The number of hydrogen-bond donors (Lipinski definition) is 0. The largest absolute Gasteiger partial charge is 0.455 e. The molecule has 0 aliphatic heterocycles. The van der Waals surface area contributed by atoms with Crippen LogP contribution in [0.4, 0.5) is 17.1 Å². The van der Waals surface area contributed by atoms with E-state index in [-0.39, 0.29) is 0 Å². The minimum atomic E-state index is -0.523. The number of benzene rings is 10. The smallest absolute Gasteiger partial charge is 0.143 e. The molecule has 276 valence electrons. The van der Waals surface area contributed by atoms with E-state index < -0.39 is 5.41 Å². The summed E-state index contributed by atoms with van der Waals surface area (Å²) >= 11 is 0. The maximum Gasteiger partial charge on any atom is 0.143 e. The van der Waals surface area contributed by atoms with Crippen molar-refractivity contribution >= 4 is 60.5 Å². The Kier molecular flexibility index (Phi) is 7.48. The fraction of sp³-hybridized carbons (Fsp3) is 0.0175. The van der Waals surface area contributed by atoms with Crippen molar-refractivity contribution in [3.05, 3.63) is 247 Å². The molecule has 0 saturated heterocycles. The van der Waals surface area contributed by atoms with Crippen molar-refractivity contribution in [1.82, 2.24) is 0 Å². The Bertz CT molecular complexity index is 3350. The van der Waals surface area contributed by atoms with Gasteiger partial charge in [-0.2, -0.15) is 0 Å². The lowest BCUT2D eigenvalue weighted by atomic mass is 9.67. The van der Waals surface area contributed by atoms with Crippen LogP contribution in [-0.4, -0.2) is 0 Å². The Balaban J connectivity index is 1.12. The number of nitrogens with zero attached hydrogens (tertiary/aromatic N) is 1. The molecule has 0 fully saturated rings. The molecule has 0 saturated carbocycles. The van der Waals surface area contributed by atoms with Gasteiger partial charge >= 0.3 is 0 Å². The zero-order valence-corrected chi connectivity index (χ0v) is 32.2. The molecule has 1 aliphatic rings. The van der Waals surface area contributed by atoms with E-state index in [1.54, 1.807) is 0 Å². The van der Waals surface area contributed by atoms with E-state index in [9.17, 15) is 0 Å². The van der Waals surface area contributed by atoms with Crippen molar-refractivity contribution < 1.29 is 4.42 Å². The first-order valence-electron chi connectivity index (χ1n) is 20.3. The van der Waals surface area contributed by atoms with Crippen LogP contribution in [0.15, 0.2) is 229 Å². The van der Waals surface area contributed by atoms with E-state index in [0.717, 1.165) is 55.5 Å². The van der Waals surface area contributed by atoms with Gasteiger partial charge in [-0.05, 0) is 92.2 Å². The second kappa shape index (κ2) is 13.2. The summed E-state index contributed by atoms with van der Waals surface area (Å²) in [5, 5.41) is 6.94. The standard InChI is InChI=1S/C57H37NO/c1-3-19-41(20-4-1)57(42-21-5-2-6-22-42)51-27-13-11-26-47(51)48-35-32-43(37-52(48)57)58(54-29-15-18-38-16-7-9-23-44(38)54)53-28-14-12-24-45(53)40-31-33-49-50-34-30-39-17-8-10-25-46(39)56(50)59-55(49)36-40/h1-37H. The molecule has 0 spiro atoms. The van der Waals surface area contributed by atoms with Gasteiger partial charge in [0.05, 0.1) is 16.8 Å². The predicted octanol–water partition coefficient (Wildman–Crippen LogP) is 15.4. The van der Waals surface area contributed by atoms with Crippen LogP contribution in [0.5, 0.6) is 0 Å². The normalized spacial score (nSPS) is 12.9. The number of hydrogen-bond acceptors (Lipinski definition) is 2. The first-order valence-corrected chi connectivity index (χ1v) is 20.3. The van der Waals surface area contributed by atoms with Crippen LogP contribution in [0.25, 0.3) is 65.7 Å². The van der Waals surface area contributed by atoms with E-state index in [0.29, 0.717) is 0 Å². The average molecular weight is 752 g/mol. The van der Waals surface area contributed by atoms with Crippen molar-refractivity contribution in [3.63, 3.8) is 0 Å². The number of rotatable bonds is 6. The van der Waals surface area contributed by atoms with Crippen LogP contribution in [0.3, 0.4) is 0 Å². The SMILES string of the molecule is c1ccc(C2(c3ccccc3)c3ccccc3-c3ccc(N(c4ccccc4-c4ccc5c(c4)oc4c6ccccc6ccc54)c4cccc5ccccc45)cc32)cc1. The topological polar surface area (TPSA) is 16.4 Å². The maximum absolute atomic E-state index is 6.73. The van der Waals surface area contributed by atoms with Crippen LogP contribution in [-0.2, 0) is 5.41 Å². The Labute approximate surface area is 342 Å². The van der Waals surface area contributed by atoms with Gasteiger partial charge in [0, 0.05) is 32.8 Å². The number of anilines is 3. The highest BCUT2D eigenvalue weighted by molar-refractivity contribution is 6.15. The molecule has 0 amide bonds. The van der Waals surface area contributed by atoms with E-state index in [1.165, 1.54) is 49.5 Å². The molecular weight excluding hydrogens is 715 g/mol. The van der Waals surface area contributed by atoms with Gasteiger partial charge in [0.2, 0.25) is 0 Å². The predicted molar refractivity (Wildman–Crippen MR) is 246 cm³/mol. The third kappa shape index (κ3) is 5.00. The fourth-order valence-corrected chi connectivity index (χ4v) is 9.97. The number of furan rings is 1. The Morgan fingerprint density at radius 2 is 0.949 bits per heavy atom. The average Bonchev–Trinajstić information content (AvgIpc) is 3.83. The first kappa shape index (κ1) is 33.5. The molecule has 1 aliphatic carbocycles. The molecule has 0 atom stereocenters. The first-order chi connectivity index (χ1) is 29.3. The lowest BCUT2D eigenvalue weighted by Gasteiger charge is -2.35. The highest BCUT2D eigenvalue weighted by Crippen LogP contribution is 2.57. The summed E-state index contributed by atoms with van der Waals surface area (Å²) in [6.07, 6.45) is 0. The van der Waals surface area contributed by atoms with Crippen molar-refractivity contribution in [3.8, 4) is 22.3 Å². The molecule has 0 unspecified atom stereocenters. The van der Waals surface area contributed by atoms with Crippen LogP contribution in [0, 0.1) is 0 Å². The molecule has 0 N–H and O–H groups in total. The quantitative estimate of drug-likeness (QED) is 0.168. The number of fused-ring (bicyclic) bond motifs is 9. The summed E-state index contributed by atoms with van der Waals surface area (Å²) in [5.41, 5.74) is 14.4. The third-order valence-electron chi connectivity index (χ3n) is 12.5. The van der Waals surface area contributed by atoms with Crippen LogP contribution in [0.1, 0.15) is 22.3 Å². The Morgan fingerprint density at radius 3 is 1.75 bits per heavy atom. The zero-order valence-electron chi connectivity index (χ0n) is 32.2. The van der Waals surface area contributed by atoms with Crippen LogP contribution >= 0.6 is 0 Å². The van der Waals surface area contributed by atoms with Crippen LogP contribution < -0.4 is 4.90 Å². The summed E-state index contributed by atoms with van der Waals surface area (Å²) in [6, 6.07) is 81.9. The molecule has 1 aromatic heterocycles. The maximum atomic E-state index is 6.73. The van der Waals surface area contributed by atoms with Gasteiger partial charge in [0.1, 0.15) is 11.2 Å². The molecule has 0 bridgehead atoms. The van der Waals surface area contributed by atoms with Gasteiger partial charge in [0.25, 0.3) is 0 Å². The van der Waals surface area contributed by atoms with Gasteiger partial charge in [0.15, 0.2) is 0 Å². The summed E-state index contributed by atoms with van der Waals surface area (Å²) < 4.78 is 6.73. The molecule has 2 nitrogen and oxygen atoms in total. The molecule has 0 radical (unpaired) electrons. The minimum Gasteiger partial charge on any atom is -0.455 e. The molecule has 10 aromatic carbocycles. The van der Waals surface area contributed by atoms with Gasteiger partial charge in [-0.1, -0.05) is 182 Å². The highest BCUT2D eigenvalue weighted by Gasteiger charge is 2.46. The molecule has 11 aromatic rings. The van der Waals surface area contributed by atoms with Crippen molar-refractivity contribution in [1.29, 1.82) is 0 Å². The van der Waals surface area contributed by atoms with Gasteiger partial charge in [-0.3, -0.25) is 0 Å². The van der Waals surface area contributed by atoms with Crippen molar-refractivity contribution in [2.45, 2.75) is 5.41 Å². The van der Waals surface area contributed by atoms with Gasteiger partial charge < -0.3 is 9.32 Å². The Morgan fingerprint density at radius 1 is 0.356 bits per heavy atom. The lowest BCUT2D eigenvalue weighted by molar-refractivity contribution is 0.673. The second-order valence-electron chi connectivity index (χ2n) is 15.6. The van der Waals surface area contributed by atoms with E-state index in [1.807, 2.05) is 0 Å². The summed E-state index contributed by atoms with van der Waals surface area (Å²) in [5.74, 6) is 0. The molecular formula is C57H37NO. The lowest BCUT2D eigenvalue weighted by Crippen LogP contribution is -2.28. The van der Waals surface area contributed by atoms with E-state index >= 15 is 0 Å². The summed E-state index contributed by atoms with van der Waals surface area (Å²) in [6.45, 7) is 0. The highest BCUT2D eigenvalue weighted by atomic mass is 16.3. The third-order valence-corrected chi connectivity index (χ3v) is 12.5. The fourth-order valence-electron chi connectivity index (χ4n) is 9.97. The van der Waals surface area contributed by atoms with Crippen LogP contribution in [0.2, 0.25) is 0 Å². The molecule has 59 heavy (non-hydrogen) atoms. The van der Waals surface area contributed by atoms with Gasteiger partial charge in [-0.15, -0.1) is 0 Å². The van der Waals surface area contributed by atoms with E-state index in [4.69, 9.17) is 4.42 Å². The zero-order chi connectivity index (χ0) is 38.9. The second-order valence-corrected chi connectivity index (χ2v) is 15.6. The van der Waals surface area contributed by atoms with E-state index in [2.05, 4.69) is 229 Å². The number of para-hydroxylation sites is 1. The van der Waals surface area contributed by atoms with Crippen molar-refractivity contribution in [2.24, 2.45) is 0 Å². The molecule has 2 heteroatoms. The molecule has 12 rings (SSSR count). The summed E-state index contributed by atoms with van der Waals surface area (Å²) in [7, 11) is 0. The Hall–Kier alpha value is -7.68.